The van der Waals surface area contributed by atoms with Crippen LogP contribution in [0.3, 0.4) is 0 Å². The van der Waals surface area contributed by atoms with Crippen LogP contribution in [-0.4, -0.2) is 67.2 Å². The Morgan fingerprint density at radius 2 is 1.50 bits per heavy atom. The maximum absolute atomic E-state index is 12.4. The fraction of sp³-hybridized carbons (Fsp3) is 0.462. The molecule has 0 aliphatic carbocycles. The van der Waals surface area contributed by atoms with Crippen LogP contribution in [0.2, 0.25) is 0 Å². The summed E-state index contributed by atoms with van der Waals surface area (Å²) in [6.45, 7) is 9.93. The molecule has 1 aliphatic rings. The molecular formula is C26H34N2O4. The molecule has 1 unspecified atom stereocenters. The molecule has 0 aromatic heterocycles. The summed E-state index contributed by atoms with van der Waals surface area (Å²) in [7, 11) is 1.43. The van der Waals surface area contributed by atoms with Crippen molar-refractivity contribution in [3.8, 4) is 0 Å². The van der Waals surface area contributed by atoms with Gasteiger partial charge in [-0.15, -0.1) is 0 Å². The average Bonchev–Trinajstić information content (AvgIpc) is 2.78. The van der Waals surface area contributed by atoms with Crippen LogP contribution in [0.1, 0.15) is 54.7 Å². The molecule has 6 nitrogen and oxygen atoms in total. The van der Waals surface area contributed by atoms with Gasteiger partial charge >= 0.3 is 11.9 Å². The first-order valence-electron chi connectivity index (χ1n) is 11.2. The number of benzene rings is 2. The number of esters is 2. The lowest BCUT2D eigenvalue weighted by Gasteiger charge is -2.39. The minimum atomic E-state index is -0.518. The van der Waals surface area contributed by atoms with Gasteiger partial charge in [-0.1, -0.05) is 42.5 Å². The topological polar surface area (TPSA) is 59.1 Å². The number of carbonyl (C=O) groups is 2. The van der Waals surface area contributed by atoms with E-state index >= 15 is 0 Å². The molecule has 0 N–H and O–H groups in total. The van der Waals surface area contributed by atoms with E-state index < -0.39 is 5.60 Å². The maximum Gasteiger partial charge on any atom is 0.338 e. The number of hydrogen-bond donors (Lipinski definition) is 0. The molecule has 2 aromatic rings. The van der Waals surface area contributed by atoms with Gasteiger partial charge in [-0.25, -0.2) is 4.79 Å². The predicted octanol–water partition coefficient (Wildman–Crippen LogP) is 3.91. The fourth-order valence-electron chi connectivity index (χ4n) is 3.98. The van der Waals surface area contributed by atoms with Gasteiger partial charge in [0.15, 0.2) is 0 Å². The zero-order valence-corrected chi connectivity index (χ0v) is 19.5. The quantitative estimate of drug-likeness (QED) is 0.611. The highest BCUT2D eigenvalue weighted by Crippen LogP contribution is 2.30. The predicted molar refractivity (Wildman–Crippen MR) is 125 cm³/mol. The summed E-state index contributed by atoms with van der Waals surface area (Å²) < 4.78 is 10.3. The summed E-state index contributed by atoms with van der Waals surface area (Å²) >= 11 is 0. The van der Waals surface area contributed by atoms with Crippen LogP contribution >= 0.6 is 0 Å². The van der Waals surface area contributed by atoms with Crippen molar-refractivity contribution in [2.75, 3.05) is 39.8 Å². The normalized spacial score (nSPS) is 16.4. The third-order valence-corrected chi connectivity index (χ3v) is 5.61. The van der Waals surface area contributed by atoms with Crippen molar-refractivity contribution in [1.29, 1.82) is 0 Å². The molecular weight excluding hydrogens is 404 g/mol. The molecule has 1 saturated heterocycles. The lowest BCUT2D eigenvalue weighted by Crippen LogP contribution is -2.48. The Kier molecular flexibility index (Phi) is 8.04. The molecule has 0 spiro atoms. The number of piperazine rings is 1. The molecule has 0 saturated carbocycles. The lowest BCUT2D eigenvalue weighted by atomic mass is 9.95. The molecule has 32 heavy (non-hydrogen) atoms. The number of hydrogen-bond acceptors (Lipinski definition) is 6. The Balaban J connectivity index is 1.74. The van der Waals surface area contributed by atoms with Gasteiger partial charge in [0.05, 0.1) is 25.1 Å². The van der Waals surface area contributed by atoms with Crippen LogP contribution in [0.15, 0.2) is 54.6 Å². The van der Waals surface area contributed by atoms with E-state index in [-0.39, 0.29) is 18.0 Å². The second-order valence-corrected chi connectivity index (χ2v) is 9.14. The van der Waals surface area contributed by atoms with Gasteiger partial charge in [0.25, 0.3) is 0 Å². The molecule has 2 aromatic carbocycles. The standard InChI is InChI=1S/C26H34N2O4/c1-26(2,3)32-25(30)22-12-10-21(11-13-22)24(20-8-6-5-7-9-20)28-18-16-27(17-19-28)15-14-23(29)31-4/h5-13,24H,14-19H2,1-4H3. The van der Waals surface area contributed by atoms with Crippen LogP contribution in [0, 0.1) is 0 Å². The third kappa shape index (κ3) is 6.65. The van der Waals surface area contributed by atoms with Crippen LogP contribution in [-0.2, 0) is 14.3 Å². The van der Waals surface area contributed by atoms with Crippen molar-refractivity contribution in [1.82, 2.24) is 9.80 Å². The van der Waals surface area contributed by atoms with E-state index in [1.807, 2.05) is 51.1 Å². The van der Waals surface area contributed by atoms with E-state index in [0.717, 1.165) is 38.3 Å². The SMILES string of the molecule is COC(=O)CCN1CCN(C(c2ccccc2)c2ccc(C(=O)OC(C)(C)C)cc2)CC1. The number of rotatable bonds is 7. The van der Waals surface area contributed by atoms with E-state index in [9.17, 15) is 9.59 Å². The van der Waals surface area contributed by atoms with E-state index in [1.165, 1.54) is 12.7 Å². The summed E-state index contributed by atoms with van der Waals surface area (Å²) in [4.78, 5) is 28.6. The monoisotopic (exact) mass is 438 g/mol. The van der Waals surface area contributed by atoms with E-state index in [0.29, 0.717) is 12.0 Å². The Bertz CT molecular complexity index is 882. The summed E-state index contributed by atoms with van der Waals surface area (Å²) in [5.74, 6) is -0.473. The maximum atomic E-state index is 12.4. The Morgan fingerprint density at radius 1 is 0.906 bits per heavy atom. The second kappa shape index (κ2) is 10.7. The van der Waals surface area contributed by atoms with Crippen LogP contribution in [0.4, 0.5) is 0 Å². The molecule has 3 rings (SSSR count). The molecule has 1 heterocycles. The van der Waals surface area contributed by atoms with Crippen molar-refractivity contribution >= 4 is 11.9 Å². The van der Waals surface area contributed by atoms with Crippen molar-refractivity contribution in [3.05, 3.63) is 71.3 Å². The molecule has 6 heteroatoms. The fourth-order valence-corrected chi connectivity index (χ4v) is 3.98. The Morgan fingerprint density at radius 3 is 2.06 bits per heavy atom. The Hall–Kier alpha value is -2.70. The highest BCUT2D eigenvalue weighted by atomic mass is 16.6. The third-order valence-electron chi connectivity index (χ3n) is 5.61. The summed E-state index contributed by atoms with van der Waals surface area (Å²) in [6.07, 6.45) is 0.421. The minimum absolute atomic E-state index is 0.103. The summed E-state index contributed by atoms with van der Waals surface area (Å²) in [5.41, 5.74) is 2.41. The average molecular weight is 439 g/mol. The van der Waals surface area contributed by atoms with E-state index in [4.69, 9.17) is 9.47 Å². The number of ether oxygens (including phenoxy) is 2. The molecule has 1 fully saturated rings. The number of carbonyl (C=O) groups excluding carboxylic acids is 2. The van der Waals surface area contributed by atoms with Gasteiger partial charge in [-0.2, -0.15) is 0 Å². The largest absolute Gasteiger partial charge is 0.469 e. The number of methoxy groups -OCH3 is 1. The smallest absolute Gasteiger partial charge is 0.338 e. The Labute approximate surface area is 191 Å². The second-order valence-electron chi connectivity index (χ2n) is 9.14. The molecule has 1 atom stereocenters. The molecule has 0 bridgehead atoms. The van der Waals surface area contributed by atoms with Crippen LogP contribution < -0.4 is 0 Å². The lowest BCUT2D eigenvalue weighted by molar-refractivity contribution is -0.141. The van der Waals surface area contributed by atoms with Crippen LogP contribution in [0.25, 0.3) is 0 Å². The molecule has 0 radical (unpaired) electrons. The van der Waals surface area contributed by atoms with E-state index in [2.05, 4.69) is 34.1 Å². The first kappa shape index (κ1) is 24.0. The summed E-state index contributed by atoms with van der Waals surface area (Å²) in [5, 5.41) is 0. The van der Waals surface area contributed by atoms with Crippen molar-refractivity contribution < 1.29 is 19.1 Å². The summed E-state index contributed by atoms with van der Waals surface area (Å²) in [6, 6.07) is 18.3. The van der Waals surface area contributed by atoms with Gasteiger partial charge in [0.2, 0.25) is 0 Å². The van der Waals surface area contributed by atoms with Gasteiger partial charge in [0.1, 0.15) is 5.60 Å². The zero-order valence-electron chi connectivity index (χ0n) is 19.5. The first-order chi connectivity index (χ1) is 15.3. The van der Waals surface area contributed by atoms with Crippen LogP contribution in [0.5, 0.6) is 0 Å². The van der Waals surface area contributed by atoms with Crippen molar-refractivity contribution in [2.45, 2.75) is 38.8 Å². The highest BCUT2D eigenvalue weighted by Gasteiger charge is 2.27. The molecule has 1 aliphatic heterocycles. The van der Waals surface area contributed by atoms with Gasteiger partial charge in [-0.05, 0) is 44.0 Å². The minimum Gasteiger partial charge on any atom is -0.469 e. The highest BCUT2D eigenvalue weighted by molar-refractivity contribution is 5.89. The van der Waals surface area contributed by atoms with Gasteiger partial charge < -0.3 is 14.4 Å². The number of nitrogens with zero attached hydrogens (tertiary/aromatic N) is 2. The molecule has 172 valence electrons. The van der Waals surface area contributed by atoms with Crippen molar-refractivity contribution in [3.63, 3.8) is 0 Å². The molecule has 0 amide bonds. The van der Waals surface area contributed by atoms with Crippen molar-refractivity contribution in [2.24, 2.45) is 0 Å². The van der Waals surface area contributed by atoms with Gasteiger partial charge in [-0.3, -0.25) is 9.69 Å². The van der Waals surface area contributed by atoms with E-state index in [1.54, 1.807) is 0 Å². The van der Waals surface area contributed by atoms with Gasteiger partial charge in [0, 0.05) is 32.7 Å². The zero-order chi connectivity index (χ0) is 23.1. The first-order valence-corrected chi connectivity index (χ1v) is 11.2.